The van der Waals surface area contributed by atoms with E-state index in [0.29, 0.717) is 24.8 Å². The Morgan fingerprint density at radius 2 is 1.72 bits per heavy atom. The number of benzene rings is 1. The van der Waals surface area contributed by atoms with E-state index in [1.807, 2.05) is 4.90 Å². The molecule has 0 unspecified atom stereocenters. The largest absolute Gasteiger partial charge is 0.459 e. The van der Waals surface area contributed by atoms with Crippen molar-refractivity contribution in [3.8, 4) is 0 Å². The molecule has 1 saturated carbocycles. The molecule has 1 aliphatic heterocycles. The van der Waals surface area contributed by atoms with Crippen LogP contribution >= 0.6 is 0 Å². The Bertz CT molecular complexity index is 928. The minimum absolute atomic E-state index is 0.0599. The van der Waals surface area contributed by atoms with Crippen LogP contribution in [0.2, 0.25) is 0 Å². The summed E-state index contributed by atoms with van der Waals surface area (Å²) in [4.78, 5) is 30.5. The van der Waals surface area contributed by atoms with Crippen molar-refractivity contribution in [2.24, 2.45) is 5.92 Å². The Labute approximate surface area is 189 Å². The van der Waals surface area contributed by atoms with Crippen molar-refractivity contribution >= 4 is 11.8 Å². The summed E-state index contributed by atoms with van der Waals surface area (Å²) in [7, 11) is 0. The molecule has 1 N–H and O–H groups in total. The fraction of sp³-hybridized carbons (Fsp3) is 0.538. The van der Waals surface area contributed by atoms with Gasteiger partial charge in [-0.15, -0.1) is 0 Å². The molecule has 2 aromatic rings. The van der Waals surface area contributed by atoms with E-state index in [1.54, 1.807) is 12.1 Å². The number of furan rings is 1. The van der Waals surface area contributed by atoms with Crippen LogP contribution in [0.3, 0.4) is 0 Å². The third kappa shape index (κ3) is 4.33. The molecule has 1 aromatic carbocycles. The summed E-state index contributed by atoms with van der Waals surface area (Å²) in [6.07, 6.45) is 9.40. The number of carbonyl (C=O) groups is 2. The molecule has 2 atom stereocenters. The first-order valence-electron chi connectivity index (χ1n) is 12.2. The van der Waals surface area contributed by atoms with Crippen LogP contribution in [0.1, 0.15) is 66.2 Å². The van der Waals surface area contributed by atoms with E-state index in [4.69, 9.17) is 4.42 Å². The highest BCUT2D eigenvalue weighted by Crippen LogP contribution is 2.33. The van der Waals surface area contributed by atoms with E-state index >= 15 is 0 Å². The molecule has 2 heterocycles. The maximum absolute atomic E-state index is 13.7. The molecule has 2 amide bonds. The van der Waals surface area contributed by atoms with Gasteiger partial charge in [0, 0.05) is 26.2 Å². The van der Waals surface area contributed by atoms with Crippen LogP contribution in [0.4, 0.5) is 0 Å². The van der Waals surface area contributed by atoms with Gasteiger partial charge in [-0.3, -0.25) is 14.5 Å². The van der Waals surface area contributed by atoms with Gasteiger partial charge in [0.05, 0.1) is 18.3 Å². The molecule has 1 saturated heterocycles. The van der Waals surface area contributed by atoms with E-state index in [2.05, 4.69) is 34.5 Å². The Morgan fingerprint density at radius 3 is 2.47 bits per heavy atom. The van der Waals surface area contributed by atoms with E-state index in [-0.39, 0.29) is 23.9 Å². The maximum Gasteiger partial charge on any atom is 0.289 e. The van der Waals surface area contributed by atoms with Crippen LogP contribution in [0.5, 0.6) is 0 Å². The van der Waals surface area contributed by atoms with E-state index < -0.39 is 0 Å². The zero-order valence-corrected chi connectivity index (χ0v) is 18.7. The Morgan fingerprint density at radius 1 is 0.938 bits per heavy atom. The van der Waals surface area contributed by atoms with Crippen molar-refractivity contribution in [3.05, 3.63) is 59.5 Å². The quantitative estimate of drug-likeness (QED) is 0.776. The van der Waals surface area contributed by atoms with Crippen LogP contribution in [0, 0.1) is 5.92 Å². The zero-order chi connectivity index (χ0) is 21.9. The van der Waals surface area contributed by atoms with Gasteiger partial charge in [0.1, 0.15) is 0 Å². The molecule has 2 fully saturated rings. The molecule has 0 radical (unpaired) electrons. The predicted octanol–water partition coefficient (Wildman–Crippen LogP) is 3.79. The summed E-state index contributed by atoms with van der Waals surface area (Å²) in [5.74, 6) is 0.903. The highest BCUT2D eigenvalue weighted by molar-refractivity contribution is 5.91. The van der Waals surface area contributed by atoms with E-state index in [0.717, 1.165) is 45.2 Å². The molecular weight excluding hydrogens is 402 g/mol. The lowest BCUT2D eigenvalue weighted by atomic mass is 9.87. The van der Waals surface area contributed by atoms with Gasteiger partial charge in [-0.05, 0) is 61.3 Å². The number of hydrogen-bond donors (Lipinski definition) is 1. The molecule has 3 aliphatic rings. The fourth-order valence-electron chi connectivity index (χ4n) is 5.87. The van der Waals surface area contributed by atoms with Crippen LogP contribution in [-0.4, -0.2) is 53.8 Å². The van der Waals surface area contributed by atoms with E-state index in [9.17, 15) is 9.59 Å². The average molecular weight is 436 g/mol. The molecule has 170 valence electrons. The minimum Gasteiger partial charge on any atom is -0.459 e. The van der Waals surface area contributed by atoms with Gasteiger partial charge in [-0.1, -0.05) is 37.1 Å². The standard InChI is InChI=1S/C26H33N3O3/c30-25(27-22-12-5-10-19-7-3-4-11-21(19)22)24(20-8-1-2-9-20)28-14-16-29(17-15-28)26(31)23-13-6-18-32-23/h3-4,6-7,11,13,18,20,22,24H,1-2,5,8-10,12,14-17H2,(H,27,30)/t22-,24-/m0/s1. The second kappa shape index (κ2) is 9.49. The molecule has 5 rings (SSSR count). The van der Waals surface area contributed by atoms with Gasteiger partial charge in [0.2, 0.25) is 5.91 Å². The third-order valence-corrected chi connectivity index (χ3v) is 7.53. The van der Waals surface area contributed by atoms with Crippen molar-refractivity contribution in [3.63, 3.8) is 0 Å². The molecule has 0 spiro atoms. The number of amides is 2. The van der Waals surface area contributed by atoms with Gasteiger partial charge in [0.25, 0.3) is 5.91 Å². The highest BCUT2D eigenvalue weighted by atomic mass is 16.3. The van der Waals surface area contributed by atoms with Gasteiger partial charge < -0.3 is 14.6 Å². The average Bonchev–Trinajstić information content (AvgIpc) is 3.55. The molecule has 0 bridgehead atoms. The lowest BCUT2D eigenvalue weighted by Crippen LogP contribution is -2.58. The number of aryl methyl sites for hydroxylation is 1. The number of hydrogen-bond acceptors (Lipinski definition) is 4. The molecule has 6 nitrogen and oxygen atoms in total. The van der Waals surface area contributed by atoms with Crippen molar-refractivity contribution < 1.29 is 14.0 Å². The molecular formula is C26H33N3O3. The SMILES string of the molecule is O=C(N[C@H]1CCCc2ccccc21)[C@H](C1CCCC1)N1CCN(C(=O)c2ccco2)CC1. The Hall–Kier alpha value is -2.60. The third-order valence-electron chi connectivity index (χ3n) is 7.53. The van der Waals surface area contributed by atoms with Crippen molar-refractivity contribution in [1.82, 2.24) is 15.1 Å². The van der Waals surface area contributed by atoms with Gasteiger partial charge in [-0.2, -0.15) is 0 Å². The topological polar surface area (TPSA) is 65.8 Å². The lowest BCUT2D eigenvalue weighted by molar-refractivity contribution is -0.130. The molecule has 32 heavy (non-hydrogen) atoms. The number of nitrogens with zero attached hydrogens (tertiary/aromatic N) is 2. The Kier molecular flexibility index (Phi) is 6.30. The number of nitrogens with one attached hydrogen (secondary N) is 1. The molecule has 1 aromatic heterocycles. The Balaban J connectivity index is 1.27. The van der Waals surface area contributed by atoms with Gasteiger partial charge in [0.15, 0.2) is 5.76 Å². The maximum atomic E-state index is 13.7. The van der Waals surface area contributed by atoms with E-state index in [1.165, 1.54) is 30.2 Å². The van der Waals surface area contributed by atoms with Gasteiger partial charge >= 0.3 is 0 Å². The summed E-state index contributed by atoms with van der Waals surface area (Å²) >= 11 is 0. The minimum atomic E-state index is -0.104. The van der Waals surface area contributed by atoms with Crippen LogP contribution in [0.15, 0.2) is 47.1 Å². The summed E-state index contributed by atoms with van der Waals surface area (Å²) in [5, 5.41) is 3.43. The normalized spacial score (nSPS) is 23.0. The number of piperazine rings is 1. The van der Waals surface area contributed by atoms with Crippen molar-refractivity contribution in [2.45, 2.75) is 57.0 Å². The second-order valence-electron chi connectivity index (χ2n) is 9.45. The van der Waals surface area contributed by atoms with Crippen LogP contribution in [0.25, 0.3) is 0 Å². The first kappa shape index (κ1) is 21.3. The summed E-state index contributed by atoms with van der Waals surface area (Å²) < 4.78 is 5.29. The monoisotopic (exact) mass is 435 g/mol. The lowest BCUT2D eigenvalue weighted by Gasteiger charge is -2.41. The summed E-state index contributed by atoms with van der Waals surface area (Å²) in [6, 6.07) is 12.0. The van der Waals surface area contributed by atoms with Crippen LogP contribution < -0.4 is 5.32 Å². The number of fused-ring (bicyclic) bond motifs is 1. The number of carbonyl (C=O) groups excluding carboxylic acids is 2. The van der Waals surface area contributed by atoms with Crippen molar-refractivity contribution in [1.29, 1.82) is 0 Å². The second-order valence-corrected chi connectivity index (χ2v) is 9.45. The zero-order valence-electron chi connectivity index (χ0n) is 18.7. The smallest absolute Gasteiger partial charge is 0.289 e. The highest BCUT2D eigenvalue weighted by Gasteiger charge is 2.38. The first-order valence-corrected chi connectivity index (χ1v) is 12.2. The fourth-order valence-corrected chi connectivity index (χ4v) is 5.87. The summed E-state index contributed by atoms with van der Waals surface area (Å²) in [6.45, 7) is 2.70. The molecule has 2 aliphatic carbocycles. The predicted molar refractivity (Wildman–Crippen MR) is 122 cm³/mol. The number of rotatable bonds is 5. The summed E-state index contributed by atoms with van der Waals surface area (Å²) in [5.41, 5.74) is 2.65. The van der Waals surface area contributed by atoms with Gasteiger partial charge in [-0.25, -0.2) is 0 Å². The molecule has 6 heteroatoms. The van der Waals surface area contributed by atoms with Crippen LogP contribution in [-0.2, 0) is 11.2 Å². The van der Waals surface area contributed by atoms with Crippen molar-refractivity contribution in [2.75, 3.05) is 26.2 Å². The first-order chi connectivity index (χ1) is 15.7.